The first-order valence-electron chi connectivity index (χ1n) is 9.69. The van der Waals surface area contributed by atoms with Gasteiger partial charge in [-0.25, -0.2) is 10.4 Å². The molecule has 1 heterocycles. The van der Waals surface area contributed by atoms with Crippen LogP contribution in [0.5, 0.6) is 11.5 Å². The Bertz CT molecular complexity index is 1280. The van der Waals surface area contributed by atoms with Crippen molar-refractivity contribution < 1.29 is 14.3 Å². The molecule has 0 saturated carbocycles. The zero-order chi connectivity index (χ0) is 23.8. The zero-order valence-electron chi connectivity index (χ0n) is 17.5. The second-order valence-corrected chi connectivity index (χ2v) is 6.91. The molecule has 33 heavy (non-hydrogen) atoms. The summed E-state index contributed by atoms with van der Waals surface area (Å²) in [6.07, 6.45) is 1.42. The number of H-pyrrole nitrogens is 1. The minimum atomic E-state index is -0.651. The molecular weight excluding hydrogens is 448 g/mol. The van der Waals surface area contributed by atoms with Gasteiger partial charge in [0.2, 0.25) is 5.95 Å². The molecule has 0 aliphatic heterocycles. The Morgan fingerprint density at radius 3 is 2.76 bits per heavy atom. The molecule has 168 valence electrons. The first-order chi connectivity index (χ1) is 15.9. The number of benzene rings is 2. The average Bonchev–Trinajstić information content (AvgIpc) is 2.79. The fourth-order valence-electron chi connectivity index (χ4n) is 2.81. The van der Waals surface area contributed by atoms with Gasteiger partial charge in [0.25, 0.3) is 11.5 Å². The van der Waals surface area contributed by atoms with E-state index in [1.165, 1.54) is 6.21 Å². The summed E-state index contributed by atoms with van der Waals surface area (Å²) in [7, 11) is 0. The molecule has 1 aromatic heterocycles. The zero-order valence-corrected chi connectivity index (χ0v) is 18.2. The van der Waals surface area contributed by atoms with Crippen LogP contribution in [0.1, 0.15) is 18.1 Å². The van der Waals surface area contributed by atoms with Crippen molar-refractivity contribution in [2.45, 2.75) is 6.92 Å². The number of nitriles is 1. The number of aromatic nitrogens is 2. The molecule has 3 rings (SSSR count). The summed E-state index contributed by atoms with van der Waals surface area (Å²) in [5.41, 5.74) is 8.45. The average molecular weight is 467 g/mol. The molecule has 0 atom stereocenters. The van der Waals surface area contributed by atoms with E-state index in [1.807, 2.05) is 12.1 Å². The van der Waals surface area contributed by atoms with E-state index in [4.69, 9.17) is 26.8 Å². The van der Waals surface area contributed by atoms with Crippen molar-refractivity contribution in [3.63, 3.8) is 0 Å². The SMILES string of the molecule is CCOc1cc(C=NNc2nc(-c3ccccc3)c(C#N)c(=O)[nH]2)cc(Cl)c1OCC(N)=O. The fourth-order valence-corrected chi connectivity index (χ4v) is 3.09. The molecule has 0 radical (unpaired) electrons. The predicted octanol–water partition coefficient (Wildman–Crippen LogP) is 2.67. The van der Waals surface area contributed by atoms with Crippen LogP contribution in [0.4, 0.5) is 5.95 Å². The second kappa shape index (κ2) is 10.8. The molecule has 0 bridgehead atoms. The van der Waals surface area contributed by atoms with Crippen LogP contribution in [0.2, 0.25) is 5.02 Å². The number of rotatable bonds is 9. The maximum Gasteiger partial charge on any atom is 0.270 e. The van der Waals surface area contributed by atoms with Gasteiger partial charge in [-0.05, 0) is 24.6 Å². The first kappa shape index (κ1) is 23.3. The minimum Gasteiger partial charge on any atom is -0.490 e. The largest absolute Gasteiger partial charge is 0.490 e. The number of amides is 1. The van der Waals surface area contributed by atoms with Crippen molar-refractivity contribution in [1.82, 2.24) is 9.97 Å². The Balaban J connectivity index is 1.87. The molecule has 11 heteroatoms. The Kier molecular flexibility index (Phi) is 7.62. The van der Waals surface area contributed by atoms with E-state index in [-0.39, 0.29) is 34.6 Å². The summed E-state index contributed by atoms with van der Waals surface area (Å²) in [6, 6.07) is 13.9. The lowest BCUT2D eigenvalue weighted by Crippen LogP contribution is -2.20. The minimum absolute atomic E-state index is 0.0478. The summed E-state index contributed by atoms with van der Waals surface area (Å²) >= 11 is 6.26. The van der Waals surface area contributed by atoms with Crippen LogP contribution in [0.25, 0.3) is 11.3 Å². The number of nitrogens with one attached hydrogen (secondary N) is 2. The number of halogens is 1. The van der Waals surface area contributed by atoms with Gasteiger partial charge in [0.1, 0.15) is 11.6 Å². The van der Waals surface area contributed by atoms with Crippen LogP contribution in [-0.2, 0) is 4.79 Å². The van der Waals surface area contributed by atoms with Crippen molar-refractivity contribution in [3.05, 3.63) is 69.0 Å². The number of hydrogen-bond acceptors (Lipinski definition) is 8. The third-order valence-corrected chi connectivity index (χ3v) is 4.43. The van der Waals surface area contributed by atoms with Crippen LogP contribution in [0, 0.1) is 11.3 Å². The van der Waals surface area contributed by atoms with Gasteiger partial charge < -0.3 is 15.2 Å². The normalized spacial score (nSPS) is 10.6. The van der Waals surface area contributed by atoms with Crippen LogP contribution in [-0.4, -0.2) is 35.3 Å². The number of hydrazone groups is 1. The third-order valence-electron chi connectivity index (χ3n) is 4.15. The topological polar surface area (TPSA) is 155 Å². The molecule has 0 aliphatic rings. The molecule has 1 amide bonds. The molecule has 0 unspecified atom stereocenters. The highest BCUT2D eigenvalue weighted by atomic mass is 35.5. The standard InChI is InChI=1S/C22H19ClN6O4/c1-2-32-17-9-13(8-16(23)20(17)33-12-18(25)30)11-26-29-22-27-19(14-6-4-3-5-7-14)15(10-24)21(31)28-22/h3-9,11H,2,12H2,1H3,(H2,25,30)(H2,27,28,29,31). The van der Waals surface area contributed by atoms with Gasteiger partial charge in [-0.1, -0.05) is 41.9 Å². The van der Waals surface area contributed by atoms with Gasteiger partial charge in [0.05, 0.1) is 23.5 Å². The first-order valence-corrected chi connectivity index (χ1v) is 10.1. The monoisotopic (exact) mass is 466 g/mol. The highest BCUT2D eigenvalue weighted by Crippen LogP contribution is 2.36. The molecular formula is C22H19ClN6O4. The highest BCUT2D eigenvalue weighted by molar-refractivity contribution is 6.32. The molecule has 2 aromatic carbocycles. The molecule has 3 aromatic rings. The van der Waals surface area contributed by atoms with Crippen molar-refractivity contribution in [1.29, 1.82) is 5.26 Å². The number of carbonyl (C=O) groups excluding carboxylic acids is 1. The third kappa shape index (κ3) is 5.87. The van der Waals surface area contributed by atoms with Crippen molar-refractivity contribution in [2.24, 2.45) is 10.8 Å². The van der Waals surface area contributed by atoms with E-state index in [1.54, 1.807) is 43.3 Å². The number of ether oxygens (including phenoxy) is 2. The lowest BCUT2D eigenvalue weighted by molar-refractivity contribution is -0.119. The van der Waals surface area contributed by atoms with E-state index in [9.17, 15) is 14.9 Å². The Morgan fingerprint density at radius 2 is 2.09 bits per heavy atom. The highest BCUT2D eigenvalue weighted by Gasteiger charge is 2.14. The van der Waals surface area contributed by atoms with E-state index < -0.39 is 11.5 Å². The summed E-state index contributed by atoms with van der Waals surface area (Å²) in [4.78, 5) is 30.1. The summed E-state index contributed by atoms with van der Waals surface area (Å²) in [5.74, 6) is -0.106. The van der Waals surface area contributed by atoms with E-state index in [0.29, 0.717) is 23.5 Å². The van der Waals surface area contributed by atoms with Crippen LogP contribution in [0.3, 0.4) is 0 Å². The summed E-state index contributed by atoms with van der Waals surface area (Å²) in [5, 5.41) is 13.6. The number of primary amides is 1. The predicted molar refractivity (Wildman–Crippen MR) is 124 cm³/mol. The number of aromatic amines is 1. The lowest BCUT2D eigenvalue weighted by atomic mass is 10.1. The van der Waals surface area contributed by atoms with E-state index >= 15 is 0 Å². The summed E-state index contributed by atoms with van der Waals surface area (Å²) in [6.45, 7) is 1.77. The number of nitrogens with zero attached hydrogens (tertiary/aromatic N) is 3. The van der Waals surface area contributed by atoms with Gasteiger partial charge in [-0.2, -0.15) is 10.4 Å². The Morgan fingerprint density at radius 1 is 1.33 bits per heavy atom. The smallest absolute Gasteiger partial charge is 0.270 e. The molecule has 4 N–H and O–H groups in total. The number of carbonyl (C=O) groups is 1. The van der Waals surface area contributed by atoms with Gasteiger partial charge in [0, 0.05) is 5.56 Å². The quantitative estimate of drug-likeness (QED) is 0.323. The lowest BCUT2D eigenvalue weighted by Gasteiger charge is -2.13. The molecule has 0 spiro atoms. The maximum atomic E-state index is 12.3. The van der Waals surface area contributed by atoms with Gasteiger partial charge >= 0.3 is 0 Å². The number of hydrogen-bond donors (Lipinski definition) is 3. The van der Waals surface area contributed by atoms with Crippen LogP contribution >= 0.6 is 11.6 Å². The number of nitrogens with two attached hydrogens (primary N) is 1. The summed E-state index contributed by atoms with van der Waals surface area (Å²) < 4.78 is 10.9. The van der Waals surface area contributed by atoms with Crippen LogP contribution in [0.15, 0.2) is 52.4 Å². The Labute approximate surface area is 193 Å². The van der Waals surface area contributed by atoms with Gasteiger partial charge in [0.15, 0.2) is 18.1 Å². The van der Waals surface area contributed by atoms with Gasteiger partial charge in [-0.3, -0.25) is 14.6 Å². The number of anilines is 1. The second-order valence-electron chi connectivity index (χ2n) is 6.50. The Hall–Kier alpha value is -4.36. The van der Waals surface area contributed by atoms with Crippen molar-refractivity contribution in [2.75, 3.05) is 18.6 Å². The van der Waals surface area contributed by atoms with E-state index in [2.05, 4.69) is 20.5 Å². The molecule has 10 nitrogen and oxygen atoms in total. The maximum absolute atomic E-state index is 12.3. The van der Waals surface area contributed by atoms with Gasteiger partial charge in [-0.15, -0.1) is 0 Å². The van der Waals surface area contributed by atoms with Crippen LogP contribution < -0.4 is 26.2 Å². The molecule has 0 fully saturated rings. The van der Waals surface area contributed by atoms with Crippen molar-refractivity contribution in [3.8, 4) is 28.8 Å². The molecule has 0 aliphatic carbocycles. The fraction of sp³-hybridized carbons (Fsp3) is 0.136. The molecule has 0 saturated heterocycles. The van der Waals surface area contributed by atoms with E-state index in [0.717, 1.165) is 0 Å². The van der Waals surface area contributed by atoms with Crippen molar-refractivity contribution >= 4 is 29.7 Å².